The zero-order valence-electron chi connectivity index (χ0n) is 13.6. The van der Waals surface area contributed by atoms with E-state index < -0.39 is 18.5 Å². The molecule has 1 heterocycles. The molecular weight excluding hydrogens is 364 g/mol. The first-order chi connectivity index (χ1) is 12.0. The van der Waals surface area contributed by atoms with Gasteiger partial charge in [0.25, 0.3) is 5.91 Å². The number of ether oxygens (including phenoxy) is 2. The second-order valence-corrected chi connectivity index (χ2v) is 6.82. The van der Waals surface area contributed by atoms with E-state index >= 15 is 0 Å². The average molecular weight is 382 g/mol. The van der Waals surface area contributed by atoms with E-state index in [0.717, 1.165) is 5.56 Å². The Labute approximate surface area is 155 Å². The van der Waals surface area contributed by atoms with Gasteiger partial charge in [-0.1, -0.05) is 36.1 Å². The monoisotopic (exact) mass is 382 g/mol. The van der Waals surface area contributed by atoms with Crippen molar-refractivity contribution in [1.82, 2.24) is 10.2 Å². The van der Waals surface area contributed by atoms with Gasteiger partial charge in [0.1, 0.15) is 10.1 Å². The number of amides is 2. The Bertz CT molecular complexity index is 664. The van der Waals surface area contributed by atoms with Crippen LogP contribution in [-0.2, 0) is 19.1 Å². The van der Waals surface area contributed by atoms with Crippen LogP contribution in [0.4, 0.5) is 0 Å². The van der Waals surface area contributed by atoms with Crippen molar-refractivity contribution < 1.29 is 23.9 Å². The number of nitrogens with zero attached hydrogens (tertiary/aromatic N) is 1. The number of rotatable bonds is 8. The Morgan fingerprint density at radius 1 is 1.36 bits per heavy atom. The van der Waals surface area contributed by atoms with E-state index in [1.54, 1.807) is 12.1 Å². The van der Waals surface area contributed by atoms with Crippen molar-refractivity contribution >= 4 is 46.1 Å². The first kappa shape index (κ1) is 19.2. The van der Waals surface area contributed by atoms with Crippen LogP contribution >= 0.6 is 24.0 Å². The highest BCUT2D eigenvalue weighted by atomic mass is 32.2. The smallest absolute Gasteiger partial charge is 0.344 e. The molecule has 0 saturated carbocycles. The largest absolute Gasteiger partial charge is 0.482 e. The van der Waals surface area contributed by atoms with Crippen molar-refractivity contribution in [3.63, 3.8) is 0 Å². The van der Waals surface area contributed by atoms with Gasteiger partial charge in [-0.05, 0) is 24.6 Å². The highest BCUT2D eigenvalue weighted by molar-refractivity contribution is 8.23. The van der Waals surface area contributed by atoms with Gasteiger partial charge < -0.3 is 14.8 Å². The minimum absolute atomic E-state index is 0.0658. The van der Waals surface area contributed by atoms with Crippen LogP contribution in [0.2, 0.25) is 0 Å². The number of hydrogen-bond donors (Lipinski definition) is 1. The molecule has 0 aromatic heterocycles. The van der Waals surface area contributed by atoms with Gasteiger partial charge in [-0.15, -0.1) is 0 Å². The van der Waals surface area contributed by atoms with Crippen molar-refractivity contribution in [2.24, 2.45) is 0 Å². The Balaban J connectivity index is 1.60. The van der Waals surface area contributed by atoms with Gasteiger partial charge in [0.05, 0.1) is 5.75 Å². The van der Waals surface area contributed by atoms with Crippen molar-refractivity contribution in [2.75, 3.05) is 32.1 Å². The maximum Gasteiger partial charge on any atom is 0.344 e. The third-order valence-electron chi connectivity index (χ3n) is 3.21. The lowest BCUT2D eigenvalue weighted by Crippen LogP contribution is -2.38. The van der Waals surface area contributed by atoms with E-state index in [-0.39, 0.29) is 19.1 Å². The first-order valence-corrected chi connectivity index (χ1v) is 8.94. The van der Waals surface area contributed by atoms with Crippen LogP contribution in [0, 0.1) is 6.92 Å². The lowest BCUT2D eigenvalue weighted by Gasteiger charge is -2.15. The fourth-order valence-corrected chi connectivity index (χ4v) is 3.11. The molecular formula is C16H18N2O5S2. The van der Waals surface area contributed by atoms with Crippen LogP contribution in [0.25, 0.3) is 0 Å². The van der Waals surface area contributed by atoms with Crippen LogP contribution in [0.15, 0.2) is 24.3 Å². The van der Waals surface area contributed by atoms with E-state index in [9.17, 15) is 14.4 Å². The quantitative estimate of drug-likeness (QED) is 0.528. The molecule has 1 saturated heterocycles. The van der Waals surface area contributed by atoms with Gasteiger partial charge in [0.2, 0.25) is 5.91 Å². The third-order valence-corrected chi connectivity index (χ3v) is 4.64. The lowest BCUT2D eigenvalue weighted by molar-refractivity contribution is -0.150. The number of hydrogen-bond acceptors (Lipinski definition) is 7. The van der Waals surface area contributed by atoms with Crippen LogP contribution in [0.1, 0.15) is 5.56 Å². The van der Waals surface area contributed by atoms with Gasteiger partial charge in [0, 0.05) is 13.1 Å². The summed E-state index contributed by atoms with van der Waals surface area (Å²) in [6, 6.07) is 7.26. The van der Waals surface area contributed by atoms with Gasteiger partial charge in [0.15, 0.2) is 13.2 Å². The van der Waals surface area contributed by atoms with E-state index in [0.29, 0.717) is 22.4 Å². The van der Waals surface area contributed by atoms with Gasteiger partial charge in [-0.3, -0.25) is 14.5 Å². The molecule has 0 unspecified atom stereocenters. The zero-order chi connectivity index (χ0) is 18.2. The normalized spacial score (nSPS) is 13.7. The van der Waals surface area contributed by atoms with E-state index in [4.69, 9.17) is 21.7 Å². The fourth-order valence-electron chi connectivity index (χ4n) is 1.99. The fraction of sp³-hybridized carbons (Fsp3) is 0.375. The van der Waals surface area contributed by atoms with Crippen molar-refractivity contribution in [3.8, 4) is 5.75 Å². The summed E-state index contributed by atoms with van der Waals surface area (Å²) in [6.07, 6.45) is 0. The average Bonchev–Trinajstić information content (AvgIpc) is 2.90. The molecule has 1 fully saturated rings. The molecule has 25 heavy (non-hydrogen) atoms. The summed E-state index contributed by atoms with van der Waals surface area (Å²) >= 11 is 6.33. The van der Waals surface area contributed by atoms with Crippen LogP contribution < -0.4 is 10.1 Å². The summed E-state index contributed by atoms with van der Waals surface area (Å²) in [7, 11) is 0. The Morgan fingerprint density at radius 3 is 2.84 bits per heavy atom. The maximum absolute atomic E-state index is 11.6. The Morgan fingerprint density at radius 2 is 2.16 bits per heavy atom. The summed E-state index contributed by atoms with van der Waals surface area (Å²) in [5.41, 5.74) is 1.01. The molecule has 0 aliphatic carbocycles. The number of carbonyl (C=O) groups is 3. The number of nitrogens with one attached hydrogen (secondary N) is 1. The van der Waals surface area contributed by atoms with Crippen LogP contribution in [0.5, 0.6) is 5.75 Å². The van der Waals surface area contributed by atoms with E-state index in [2.05, 4.69) is 5.32 Å². The molecule has 0 spiro atoms. The summed E-state index contributed by atoms with van der Waals surface area (Å²) in [5, 5.41) is 2.57. The molecule has 1 aliphatic rings. The SMILES string of the molecule is Cc1cccc(OCC(=O)OCC(=O)NCCN2C(=O)CSC2=S)c1. The number of aryl methyl sites for hydroxylation is 1. The number of thiocarbonyl (C=S) groups is 1. The van der Waals surface area contributed by atoms with Gasteiger partial charge in [-0.25, -0.2) is 4.79 Å². The summed E-state index contributed by atoms with van der Waals surface area (Å²) in [4.78, 5) is 36.2. The molecule has 1 N–H and O–H groups in total. The van der Waals surface area contributed by atoms with E-state index in [1.165, 1.54) is 16.7 Å². The van der Waals surface area contributed by atoms with Crippen molar-refractivity contribution in [3.05, 3.63) is 29.8 Å². The maximum atomic E-state index is 11.6. The molecule has 7 nitrogen and oxygen atoms in total. The minimum Gasteiger partial charge on any atom is -0.482 e. The van der Waals surface area contributed by atoms with Crippen molar-refractivity contribution in [1.29, 1.82) is 0 Å². The van der Waals surface area contributed by atoms with Crippen molar-refractivity contribution in [2.45, 2.75) is 6.92 Å². The standard InChI is InChI=1S/C16H18N2O5S2/c1-11-3-2-4-12(7-11)22-9-15(21)23-8-13(19)17-5-6-18-14(20)10-25-16(18)24/h2-4,7H,5-6,8-10H2,1H3,(H,17,19). The predicted molar refractivity (Wildman–Crippen MR) is 97.4 cm³/mol. The molecule has 2 rings (SSSR count). The topological polar surface area (TPSA) is 84.9 Å². The van der Waals surface area contributed by atoms with Crippen LogP contribution in [-0.4, -0.2) is 59.1 Å². The lowest BCUT2D eigenvalue weighted by atomic mass is 10.2. The van der Waals surface area contributed by atoms with Crippen LogP contribution in [0.3, 0.4) is 0 Å². The molecule has 0 bridgehead atoms. The summed E-state index contributed by atoms with van der Waals surface area (Å²) in [6.45, 7) is 1.79. The third kappa shape index (κ3) is 6.35. The molecule has 1 aromatic rings. The number of esters is 1. The molecule has 1 aromatic carbocycles. The summed E-state index contributed by atoms with van der Waals surface area (Å²) in [5.74, 6) is -0.252. The molecule has 9 heteroatoms. The second-order valence-electron chi connectivity index (χ2n) is 5.22. The van der Waals surface area contributed by atoms with Gasteiger partial charge in [-0.2, -0.15) is 0 Å². The number of thioether (sulfide) groups is 1. The molecule has 0 atom stereocenters. The second kappa shape index (κ2) is 9.38. The zero-order valence-corrected chi connectivity index (χ0v) is 15.3. The number of benzene rings is 1. The minimum atomic E-state index is -0.635. The predicted octanol–water partition coefficient (Wildman–Crippen LogP) is 0.894. The Hall–Kier alpha value is -2.13. The van der Waals surface area contributed by atoms with Gasteiger partial charge >= 0.3 is 5.97 Å². The highest BCUT2D eigenvalue weighted by Gasteiger charge is 2.25. The van der Waals surface area contributed by atoms with E-state index in [1.807, 2.05) is 19.1 Å². The Kier molecular flexibility index (Phi) is 7.20. The number of carbonyl (C=O) groups excluding carboxylic acids is 3. The summed E-state index contributed by atoms with van der Waals surface area (Å²) < 4.78 is 10.6. The molecule has 0 radical (unpaired) electrons. The highest BCUT2D eigenvalue weighted by Crippen LogP contribution is 2.18. The molecule has 2 amide bonds. The molecule has 1 aliphatic heterocycles. The first-order valence-electron chi connectivity index (χ1n) is 7.54. The molecule has 134 valence electrons.